The Morgan fingerprint density at radius 1 is 0.883 bits per heavy atom. The van der Waals surface area contributed by atoms with Gasteiger partial charge >= 0.3 is 0 Å². The van der Waals surface area contributed by atoms with Crippen LogP contribution in [0, 0.1) is 12.3 Å². The van der Waals surface area contributed by atoms with Crippen molar-refractivity contribution >= 4 is 57.9 Å². The SMILES string of the molecule is Cc1ncsc1-c1ccc(CNC(=O)[C@@H]2C[C@@H](O)CN2C(=O)[C@@H](NC(=O)COCCOCCOCC(=O)Nc2ccc(C(=O)Nc3ccccc3N)cc2)C(C)(C)C)cc1. The average molecular weight is 844 g/mol. The molecule has 3 aromatic carbocycles. The van der Waals surface area contributed by atoms with E-state index in [0.29, 0.717) is 22.6 Å². The fraction of sp³-hybridized carbons (Fsp3) is 0.395. The van der Waals surface area contributed by atoms with E-state index in [1.807, 2.05) is 31.2 Å². The van der Waals surface area contributed by atoms with Gasteiger partial charge in [-0.15, -0.1) is 11.3 Å². The molecule has 0 bridgehead atoms. The third kappa shape index (κ3) is 13.1. The van der Waals surface area contributed by atoms with Crippen molar-refractivity contribution in [3.8, 4) is 10.4 Å². The van der Waals surface area contributed by atoms with Crippen molar-refractivity contribution < 1.29 is 43.3 Å². The number of β-amino-alcohol motifs (C(OH)–C–C–N with tert-alkyl or cyclic N) is 1. The number of amides is 5. The molecule has 7 N–H and O–H groups in total. The van der Waals surface area contributed by atoms with E-state index in [0.717, 1.165) is 21.7 Å². The second kappa shape index (κ2) is 21.5. The molecule has 5 amide bonds. The van der Waals surface area contributed by atoms with Gasteiger partial charge in [0.1, 0.15) is 25.3 Å². The van der Waals surface area contributed by atoms with Crippen LogP contribution in [0.3, 0.4) is 0 Å². The molecule has 0 radical (unpaired) electrons. The molecular weight excluding hydrogens is 791 g/mol. The van der Waals surface area contributed by atoms with E-state index in [-0.39, 0.29) is 76.9 Å². The molecule has 3 atom stereocenters. The zero-order valence-electron chi connectivity index (χ0n) is 34.2. The van der Waals surface area contributed by atoms with Crippen molar-refractivity contribution in [2.45, 2.75) is 58.8 Å². The molecule has 320 valence electrons. The number of likely N-dealkylation sites (tertiary alicyclic amines) is 1. The third-order valence-corrected chi connectivity index (χ3v) is 10.5. The molecule has 0 aliphatic carbocycles. The third-order valence-electron chi connectivity index (χ3n) is 9.56. The molecule has 0 saturated carbocycles. The summed E-state index contributed by atoms with van der Waals surface area (Å²) in [6.07, 6.45) is -0.807. The maximum Gasteiger partial charge on any atom is 0.255 e. The van der Waals surface area contributed by atoms with Gasteiger partial charge in [0.15, 0.2) is 0 Å². The molecule has 2 heterocycles. The van der Waals surface area contributed by atoms with Crippen molar-refractivity contribution in [1.29, 1.82) is 0 Å². The molecule has 1 fully saturated rings. The van der Waals surface area contributed by atoms with E-state index in [2.05, 4.69) is 26.3 Å². The fourth-order valence-electron chi connectivity index (χ4n) is 6.36. The number of aliphatic hydroxyl groups excluding tert-OH is 1. The van der Waals surface area contributed by atoms with Crippen LogP contribution in [0.1, 0.15) is 48.8 Å². The molecule has 1 aromatic heterocycles. The predicted molar refractivity (Wildman–Crippen MR) is 228 cm³/mol. The summed E-state index contributed by atoms with van der Waals surface area (Å²) in [4.78, 5) is 71.7. The maximum atomic E-state index is 13.9. The predicted octanol–water partition coefficient (Wildman–Crippen LogP) is 3.75. The van der Waals surface area contributed by atoms with E-state index in [9.17, 15) is 29.1 Å². The minimum atomic E-state index is -0.992. The van der Waals surface area contributed by atoms with Gasteiger partial charge in [-0.3, -0.25) is 24.0 Å². The summed E-state index contributed by atoms with van der Waals surface area (Å²) in [7, 11) is 0. The van der Waals surface area contributed by atoms with Gasteiger partial charge in [0.25, 0.3) is 5.91 Å². The van der Waals surface area contributed by atoms with Gasteiger partial charge in [-0.1, -0.05) is 57.2 Å². The van der Waals surface area contributed by atoms with Gasteiger partial charge in [0.2, 0.25) is 23.6 Å². The summed E-state index contributed by atoms with van der Waals surface area (Å²) >= 11 is 1.56. The van der Waals surface area contributed by atoms with E-state index < -0.39 is 35.4 Å². The van der Waals surface area contributed by atoms with Crippen LogP contribution in [-0.4, -0.2) is 109 Å². The summed E-state index contributed by atoms with van der Waals surface area (Å²) in [5, 5.41) is 21.6. The first kappa shape index (κ1) is 45.4. The Bertz CT molecular complexity index is 2090. The number of rotatable bonds is 19. The van der Waals surface area contributed by atoms with Gasteiger partial charge in [-0.25, -0.2) is 4.98 Å². The summed E-state index contributed by atoms with van der Waals surface area (Å²) in [6, 6.07) is 19.2. The molecule has 60 heavy (non-hydrogen) atoms. The number of hydrogen-bond acceptors (Lipinski definition) is 12. The normalized spacial score (nSPS) is 15.6. The van der Waals surface area contributed by atoms with Gasteiger partial charge < -0.3 is 51.2 Å². The monoisotopic (exact) mass is 843 g/mol. The number of nitrogens with zero attached hydrogens (tertiary/aromatic N) is 2. The second-order valence-corrected chi connectivity index (χ2v) is 16.2. The first-order valence-corrected chi connectivity index (χ1v) is 20.4. The molecule has 1 aliphatic heterocycles. The van der Waals surface area contributed by atoms with Crippen LogP contribution < -0.4 is 27.0 Å². The van der Waals surface area contributed by atoms with Crippen molar-refractivity contribution in [3.05, 3.63) is 95.1 Å². The lowest BCUT2D eigenvalue weighted by Crippen LogP contribution is -2.58. The summed E-state index contributed by atoms with van der Waals surface area (Å²) in [5.41, 5.74) is 11.7. The van der Waals surface area contributed by atoms with Gasteiger partial charge in [-0.05, 0) is 59.9 Å². The highest BCUT2D eigenvalue weighted by molar-refractivity contribution is 7.13. The number of nitrogen functional groups attached to an aromatic ring is 1. The number of hydrogen-bond donors (Lipinski definition) is 6. The Hall–Kier alpha value is -5.72. The average Bonchev–Trinajstić information content (AvgIpc) is 3.84. The second-order valence-electron chi connectivity index (χ2n) is 15.3. The van der Waals surface area contributed by atoms with Crippen molar-refractivity contribution in [3.63, 3.8) is 0 Å². The Kier molecular flexibility index (Phi) is 16.3. The fourth-order valence-corrected chi connectivity index (χ4v) is 7.17. The number of aromatic nitrogens is 1. The Morgan fingerprint density at radius 2 is 1.53 bits per heavy atom. The van der Waals surface area contributed by atoms with Crippen LogP contribution >= 0.6 is 11.3 Å². The molecule has 1 saturated heterocycles. The minimum absolute atomic E-state index is 0.0354. The molecule has 5 rings (SSSR count). The number of aliphatic hydroxyl groups is 1. The molecular formula is C43H53N7O9S. The summed E-state index contributed by atoms with van der Waals surface area (Å²) in [6.45, 7) is 7.58. The summed E-state index contributed by atoms with van der Waals surface area (Å²) in [5.74, 6) is -2.10. The van der Waals surface area contributed by atoms with Crippen molar-refractivity contribution in [2.24, 2.45) is 5.41 Å². The van der Waals surface area contributed by atoms with Gasteiger partial charge in [0.05, 0.1) is 60.0 Å². The highest BCUT2D eigenvalue weighted by atomic mass is 32.1. The molecule has 16 nitrogen and oxygen atoms in total. The molecule has 0 unspecified atom stereocenters. The number of para-hydroxylation sites is 2. The largest absolute Gasteiger partial charge is 0.397 e. The Morgan fingerprint density at radius 3 is 2.17 bits per heavy atom. The number of carbonyl (C=O) groups is 5. The quantitative estimate of drug-likeness (QED) is 0.0589. The zero-order chi connectivity index (χ0) is 43.2. The molecule has 0 spiro atoms. The lowest BCUT2D eigenvalue weighted by atomic mass is 9.85. The zero-order valence-corrected chi connectivity index (χ0v) is 35.0. The number of thiazole rings is 1. The smallest absolute Gasteiger partial charge is 0.255 e. The lowest BCUT2D eigenvalue weighted by molar-refractivity contribution is -0.144. The number of benzene rings is 3. The van der Waals surface area contributed by atoms with Crippen molar-refractivity contribution in [1.82, 2.24) is 20.5 Å². The molecule has 4 aromatic rings. The highest BCUT2D eigenvalue weighted by Crippen LogP contribution is 2.28. The Balaban J connectivity index is 0.962. The van der Waals surface area contributed by atoms with Crippen LogP contribution in [-0.2, 0) is 39.9 Å². The van der Waals surface area contributed by atoms with Gasteiger partial charge in [-0.2, -0.15) is 0 Å². The highest BCUT2D eigenvalue weighted by Gasteiger charge is 2.44. The first-order valence-electron chi connectivity index (χ1n) is 19.5. The van der Waals surface area contributed by atoms with Crippen molar-refractivity contribution in [2.75, 3.05) is 62.6 Å². The van der Waals surface area contributed by atoms with E-state index in [4.69, 9.17) is 19.9 Å². The van der Waals surface area contributed by atoms with E-state index >= 15 is 0 Å². The number of carbonyl (C=O) groups excluding carboxylic acids is 5. The standard InChI is InChI=1S/C43H53N7O9S/c1-27-38(60-26-46-27)29-11-9-28(10-12-29)22-45-41(55)35-21-32(51)23-50(35)42(56)39(43(2,3)4)49-37(53)25-59-20-18-57-17-19-58-24-36(52)47-31-15-13-30(14-16-31)40(54)48-34-8-6-5-7-33(34)44/h5-16,26,32,35,39,51H,17-25,44H2,1-4H3,(H,45,55)(H,47,52)(H,48,54)(H,49,53)/t32-,35+,39-/m1/s1. The van der Waals surface area contributed by atoms with Crippen LogP contribution in [0.15, 0.2) is 78.3 Å². The van der Waals surface area contributed by atoms with E-state index in [1.165, 1.54) is 4.90 Å². The van der Waals surface area contributed by atoms with Crippen LogP contribution in [0.2, 0.25) is 0 Å². The van der Waals surface area contributed by atoms with Crippen LogP contribution in [0.4, 0.5) is 17.1 Å². The van der Waals surface area contributed by atoms with E-state index in [1.54, 1.807) is 86.1 Å². The van der Waals surface area contributed by atoms with Crippen LogP contribution in [0.25, 0.3) is 10.4 Å². The Labute approximate surface area is 353 Å². The summed E-state index contributed by atoms with van der Waals surface area (Å²) < 4.78 is 16.3. The topological polar surface area (TPSA) is 224 Å². The number of nitrogens with one attached hydrogen (secondary N) is 4. The number of nitrogens with two attached hydrogens (primary N) is 1. The number of ether oxygens (including phenoxy) is 3. The molecule has 1 aliphatic rings. The first-order chi connectivity index (χ1) is 28.7. The van der Waals surface area contributed by atoms with Crippen LogP contribution in [0.5, 0.6) is 0 Å². The maximum absolute atomic E-state index is 13.9. The number of aryl methyl sites for hydroxylation is 1. The van der Waals surface area contributed by atoms with Gasteiger partial charge in [0, 0.05) is 30.8 Å². The lowest BCUT2D eigenvalue weighted by Gasteiger charge is -2.35. The molecule has 17 heteroatoms. The number of anilines is 3. The minimum Gasteiger partial charge on any atom is -0.397 e.